The Hall–Kier alpha value is -1.00. The van der Waals surface area contributed by atoms with Gasteiger partial charge in [0.2, 0.25) is 0 Å². The molecule has 0 bridgehead atoms. The van der Waals surface area contributed by atoms with Crippen LogP contribution in [0.2, 0.25) is 0 Å². The Bertz CT molecular complexity index is 821. The van der Waals surface area contributed by atoms with Gasteiger partial charge in [0.1, 0.15) is 0 Å². The lowest BCUT2D eigenvalue weighted by Gasteiger charge is -2.07. The third-order valence-electron chi connectivity index (χ3n) is 2.75. The molecule has 0 spiro atoms. The van der Waals surface area contributed by atoms with Crippen molar-refractivity contribution in [2.24, 2.45) is 0 Å². The first-order valence-corrected chi connectivity index (χ1v) is 9.00. The van der Waals surface area contributed by atoms with E-state index in [9.17, 15) is 21.6 Å². The van der Waals surface area contributed by atoms with Crippen LogP contribution in [0.3, 0.4) is 0 Å². The van der Waals surface area contributed by atoms with Gasteiger partial charge in [0.25, 0.3) is 0 Å². The van der Waals surface area contributed by atoms with Crippen LogP contribution < -0.4 is 0 Å². The number of H-pyrrole nitrogens is 1. The molecule has 4 nitrogen and oxygen atoms in total. The highest BCUT2D eigenvalue weighted by Crippen LogP contribution is 2.30. The van der Waals surface area contributed by atoms with Crippen molar-refractivity contribution in [2.45, 2.75) is 16.9 Å². The Balaban J connectivity index is 2.43. The number of sulfone groups is 1. The average Bonchev–Trinajstić information content (AvgIpc) is 2.63. The van der Waals surface area contributed by atoms with E-state index in [2.05, 4.69) is 4.98 Å². The summed E-state index contributed by atoms with van der Waals surface area (Å²) in [6, 6.07) is 4.58. The maximum absolute atomic E-state index is 12.2. The van der Waals surface area contributed by atoms with Gasteiger partial charge in [0, 0.05) is 18.6 Å². The first kappa shape index (κ1) is 16.4. The number of thioether (sulfide) groups is 1. The molecule has 1 N–H and O–H groups in total. The van der Waals surface area contributed by atoms with Crippen LogP contribution in [0.5, 0.6) is 0 Å². The molecule has 0 saturated carbocycles. The molecule has 1 aromatic carbocycles. The Kier molecular flexibility index (Phi) is 4.41. The molecule has 1 heterocycles. The number of aryl methyl sites for hydroxylation is 1. The molecule has 0 atom stereocenters. The van der Waals surface area contributed by atoms with Crippen molar-refractivity contribution < 1.29 is 21.6 Å². The molecule has 1 aromatic heterocycles. The van der Waals surface area contributed by atoms with Crippen LogP contribution >= 0.6 is 24.0 Å². The summed E-state index contributed by atoms with van der Waals surface area (Å²) in [7, 11) is -3.45. The number of nitrogens with zero attached hydrogens (tertiary/aromatic N) is 1. The van der Waals surface area contributed by atoms with Crippen molar-refractivity contribution in [3.8, 4) is 0 Å². The van der Waals surface area contributed by atoms with Gasteiger partial charge in [-0.05, 0) is 36.1 Å². The standard InChI is InChI=1S/C11H11F3N2O2S3/c1-21(17,18)8-4-2-3-7-9(8)15-10(19)16(7)5-6-20-11(12,13)14/h2-4H,5-6H2,1H3,(H,15,19). The second-order valence-electron chi connectivity index (χ2n) is 4.30. The molecule has 2 rings (SSSR count). The maximum Gasteiger partial charge on any atom is 0.441 e. The number of hydrogen-bond acceptors (Lipinski definition) is 4. The number of alkyl halides is 3. The minimum Gasteiger partial charge on any atom is -0.329 e. The summed E-state index contributed by atoms with van der Waals surface area (Å²) in [6.07, 6.45) is 1.06. The van der Waals surface area contributed by atoms with E-state index in [1.54, 1.807) is 6.07 Å². The molecule has 0 fully saturated rings. The van der Waals surface area contributed by atoms with Crippen molar-refractivity contribution in [3.63, 3.8) is 0 Å². The van der Waals surface area contributed by atoms with Crippen LogP contribution in [-0.4, -0.2) is 35.5 Å². The molecule has 10 heteroatoms. The van der Waals surface area contributed by atoms with Crippen molar-refractivity contribution >= 4 is 44.9 Å². The summed E-state index contributed by atoms with van der Waals surface area (Å²) in [6.45, 7) is 0.0379. The van der Waals surface area contributed by atoms with Gasteiger partial charge in [0.05, 0.1) is 15.9 Å². The molecule has 0 aliphatic carbocycles. The van der Waals surface area contributed by atoms with Crippen molar-refractivity contribution in [2.75, 3.05) is 12.0 Å². The van der Waals surface area contributed by atoms with Crippen molar-refractivity contribution in [3.05, 3.63) is 23.0 Å². The first-order chi connectivity index (χ1) is 9.59. The number of imidazole rings is 1. The fourth-order valence-corrected chi connectivity index (χ4v) is 3.59. The number of rotatable bonds is 4. The minimum absolute atomic E-state index is 0.0379. The highest BCUT2D eigenvalue weighted by Gasteiger charge is 2.27. The van der Waals surface area contributed by atoms with Gasteiger partial charge in [-0.2, -0.15) is 13.2 Å². The molecule has 116 valence electrons. The Morgan fingerprint density at radius 3 is 2.62 bits per heavy atom. The number of aromatic nitrogens is 2. The molecule has 2 aromatic rings. The Morgan fingerprint density at radius 2 is 2.05 bits per heavy atom. The molecule has 0 amide bonds. The predicted octanol–water partition coefficient (Wildman–Crippen LogP) is 3.36. The second-order valence-corrected chi connectivity index (χ2v) is 7.83. The summed E-state index contributed by atoms with van der Waals surface area (Å²) in [5.74, 6) is -0.201. The van der Waals surface area contributed by atoms with Crippen LogP contribution in [0.4, 0.5) is 13.2 Å². The van der Waals surface area contributed by atoms with Crippen molar-refractivity contribution in [1.29, 1.82) is 0 Å². The van der Waals surface area contributed by atoms with E-state index in [-0.39, 0.29) is 33.7 Å². The van der Waals surface area contributed by atoms with Gasteiger partial charge in [-0.3, -0.25) is 0 Å². The Morgan fingerprint density at radius 1 is 1.38 bits per heavy atom. The first-order valence-electron chi connectivity index (χ1n) is 5.72. The average molecular weight is 356 g/mol. The molecule has 0 saturated heterocycles. The predicted molar refractivity (Wildman–Crippen MR) is 78.7 cm³/mol. The van der Waals surface area contributed by atoms with E-state index in [4.69, 9.17) is 12.2 Å². The van der Waals surface area contributed by atoms with Gasteiger partial charge >= 0.3 is 5.51 Å². The largest absolute Gasteiger partial charge is 0.441 e. The zero-order chi connectivity index (χ0) is 15.8. The van der Waals surface area contributed by atoms with Gasteiger partial charge < -0.3 is 9.55 Å². The molecule has 0 unspecified atom stereocenters. The number of aromatic amines is 1. The summed E-state index contributed by atoms with van der Waals surface area (Å²) in [4.78, 5) is 2.84. The zero-order valence-corrected chi connectivity index (χ0v) is 13.2. The lowest BCUT2D eigenvalue weighted by Crippen LogP contribution is -2.07. The number of benzene rings is 1. The lowest BCUT2D eigenvalue weighted by molar-refractivity contribution is -0.0328. The quantitative estimate of drug-likeness (QED) is 0.854. The molecular weight excluding hydrogens is 345 g/mol. The van der Waals surface area contributed by atoms with E-state index in [1.807, 2.05) is 0 Å². The smallest absolute Gasteiger partial charge is 0.329 e. The van der Waals surface area contributed by atoms with Crippen molar-refractivity contribution in [1.82, 2.24) is 9.55 Å². The summed E-state index contributed by atoms with van der Waals surface area (Å²) in [5.41, 5.74) is -3.50. The topological polar surface area (TPSA) is 54.9 Å². The molecule has 0 aliphatic heterocycles. The number of hydrogen-bond donors (Lipinski definition) is 1. The Labute approximate surface area is 128 Å². The SMILES string of the molecule is CS(=O)(=O)c1cccc2c1[nH]c(=S)n2CCSC(F)(F)F. The fraction of sp³-hybridized carbons (Fsp3) is 0.364. The van der Waals surface area contributed by atoms with Gasteiger partial charge in [-0.1, -0.05) is 6.07 Å². The van der Waals surface area contributed by atoms with Gasteiger partial charge in [0.15, 0.2) is 14.6 Å². The third-order valence-corrected chi connectivity index (χ3v) is 4.93. The molecule has 0 aliphatic rings. The summed E-state index contributed by atoms with van der Waals surface area (Å²) < 4.78 is 61.5. The monoisotopic (exact) mass is 356 g/mol. The van der Waals surface area contributed by atoms with Crippen LogP contribution in [0.1, 0.15) is 0 Å². The van der Waals surface area contributed by atoms with Gasteiger partial charge in [-0.25, -0.2) is 8.42 Å². The minimum atomic E-state index is -4.30. The number of nitrogens with one attached hydrogen (secondary N) is 1. The lowest BCUT2D eigenvalue weighted by atomic mass is 10.3. The highest BCUT2D eigenvalue weighted by molar-refractivity contribution is 8.00. The molecule has 0 radical (unpaired) electrons. The van der Waals surface area contributed by atoms with Crippen LogP contribution in [0.15, 0.2) is 23.1 Å². The van der Waals surface area contributed by atoms with Crippen LogP contribution in [-0.2, 0) is 16.4 Å². The third kappa shape index (κ3) is 3.80. The number of para-hydroxylation sites is 1. The normalized spacial score (nSPS) is 13.0. The van der Waals surface area contributed by atoms with Crippen LogP contribution in [0.25, 0.3) is 11.0 Å². The second kappa shape index (κ2) is 5.65. The highest BCUT2D eigenvalue weighted by atomic mass is 32.2. The summed E-state index contributed by atoms with van der Waals surface area (Å²) in [5, 5.41) is 0. The fourth-order valence-electron chi connectivity index (χ4n) is 1.94. The zero-order valence-electron chi connectivity index (χ0n) is 10.8. The molecule has 21 heavy (non-hydrogen) atoms. The number of fused-ring (bicyclic) bond motifs is 1. The molecular formula is C11H11F3N2O2S3. The van der Waals surface area contributed by atoms with Gasteiger partial charge in [-0.15, -0.1) is 0 Å². The number of halogens is 3. The van der Waals surface area contributed by atoms with E-state index >= 15 is 0 Å². The van der Waals surface area contributed by atoms with E-state index in [1.165, 1.54) is 16.7 Å². The maximum atomic E-state index is 12.2. The van der Waals surface area contributed by atoms with Crippen LogP contribution in [0, 0.1) is 4.77 Å². The van der Waals surface area contributed by atoms with E-state index in [0.717, 1.165) is 6.26 Å². The van der Waals surface area contributed by atoms with E-state index in [0.29, 0.717) is 11.0 Å². The van der Waals surface area contributed by atoms with E-state index < -0.39 is 15.3 Å². The summed E-state index contributed by atoms with van der Waals surface area (Å²) >= 11 is 4.92.